The Labute approximate surface area is 155 Å². The van der Waals surface area contributed by atoms with Crippen LogP contribution in [0.2, 0.25) is 0 Å². The summed E-state index contributed by atoms with van der Waals surface area (Å²) in [5, 5.41) is 1.05. The predicted molar refractivity (Wildman–Crippen MR) is 102 cm³/mol. The molecule has 5 rings (SSSR count). The molecular weight excluding hydrogens is 343 g/mol. The number of hydrogen-bond donors (Lipinski definition) is 1. The zero-order chi connectivity index (χ0) is 18.2. The summed E-state index contributed by atoms with van der Waals surface area (Å²) in [5.41, 5.74) is 4.72. The monoisotopic (exact) mass is 362 g/mol. The van der Waals surface area contributed by atoms with Gasteiger partial charge in [-0.1, -0.05) is 0 Å². The highest BCUT2D eigenvalue weighted by Crippen LogP contribution is 2.38. The molecule has 0 bridgehead atoms. The first kappa shape index (κ1) is 16.2. The van der Waals surface area contributed by atoms with Crippen molar-refractivity contribution in [3.8, 4) is 22.5 Å². The van der Waals surface area contributed by atoms with Gasteiger partial charge in [-0.05, 0) is 49.2 Å². The second-order valence-corrected chi connectivity index (χ2v) is 6.80. The van der Waals surface area contributed by atoms with Gasteiger partial charge in [-0.15, -0.1) is 0 Å². The molecule has 1 fully saturated rings. The van der Waals surface area contributed by atoms with E-state index in [1.54, 1.807) is 12.1 Å². The highest BCUT2D eigenvalue weighted by Gasteiger charge is 2.24. The molecule has 27 heavy (non-hydrogen) atoms. The van der Waals surface area contributed by atoms with Crippen LogP contribution in [0.25, 0.3) is 33.5 Å². The number of ether oxygens (including phenoxy) is 1. The van der Waals surface area contributed by atoms with Crippen molar-refractivity contribution in [2.75, 3.05) is 13.2 Å². The van der Waals surface area contributed by atoms with Crippen molar-refractivity contribution in [2.45, 2.75) is 18.9 Å². The Morgan fingerprint density at radius 1 is 1.04 bits per heavy atom. The molecule has 1 aromatic carbocycles. The van der Waals surface area contributed by atoms with Crippen LogP contribution in [0.15, 0.2) is 55.1 Å². The smallest absolute Gasteiger partial charge is 0.137 e. The van der Waals surface area contributed by atoms with Gasteiger partial charge >= 0.3 is 0 Å². The molecule has 0 amide bonds. The van der Waals surface area contributed by atoms with E-state index in [0.717, 1.165) is 59.6 Å². The molecule has 4 heterocycles. The van der Waals surface area contributed by atoms with Crippen LogP contribution in [0.4, 0.5) is 4.39 Å². The highest BCUT2D eigenvalue weighted by molar-refractivity contribution is 5.95. The van der Waals surface area contributed by atoms with Gasteiger partial charge in [-0.3, -0.25) is 0 Å². The molecule has 0 saturated carbocycles. The Morgan fingerprint density at radius 2 is 1.85 bits per heavy atom. The maximum atomic E-state index is 13.4. The molecule has 1 aliphatic heterocycles. The minimum Gasteiger partial charge on any atom is -0.381 e. The summed E-state index contributed by atoms with van der Waals surface area (Å²) in [4.78, 5) is 12.3. The van der Waals surface area contributed by atoms with Crippen LogP contribution in [0.3, 0.4) is 0 Å². The van der Waals surface area contributed by atoms with Gasteiger partial charge in [0.1, 0.15) is 11.5 Å². The minimum absolute atomic E-state index is 0.249. The number of rotatable bonds is 3. The lowest BCUT2D eigenvalue weighted by molar-refractivity contribution is 0.0700. The molecule has 0 aliphatic carbocycles. The molecule has 5 nitrogen and oxygen atoms in total. The summed E-state index contributed by atoms with van der Waals surface area (Å²) < 4.78 is 21.2. The number of halogens is 1. The highest BCUT2D eigenvalue weighted by atomic mass is 19.1. The Kier molecular flexibility index (Phi) is 3.98. The second-order valence-electron chi connectivity index (χ2n) is 6.80. The number of nitrogens with zero attached hydrogens (tertiary/aromatic N) is 3. The Hall–Kier alpha value is -2.99. The fourth-order valence-electron chi connectivity index (χ4n) is 3.85. The number of fused-ring (bicyclic) bond motifs is 1. The van der Waals surface area contributed by atoms with E-state index in [2.05, 4.69) is 14.5 Å². The summed E-state index contributed by atoms with van der Waals surface area (Å²) in [7, 11) is 0. The van der Waals surface area contributed by atoms with Crippen molar-refractivity contribution in [1.82, 2.24) is 19.5 Å². The molecule has 0 radical (unpaired) electrons. The summed E-state index contributed by atoms with van der Waals surface area (Å²) >= 11 is 0. The van der Waals surface area contributed by atoms with Gasteiger partial charge in [0, 0.05) is 48.2 Å². The number of imidazole rings is 1. The van der Waals surface area contributed by atoms with E-state index < -0.39 is 0 Å². The maximum Gasteiger partial charge on any atom is 0.137 e. The third kappa shape index (κ3) is 2.82. The molecule has 0 atom stereocenters. The largest absolute Gasteiger partial charge is 0.381 e. The van der Waals surface area contributed by atoms with E-state index in [-0.39, 0.29) is 5.82 Å². The summed E-state index contributed by atoms with van der Waals surface area (Å²) in [6.45, 7) is 1.51. The van der Waals surface area contributed by atoms with E-state index in [9.17, 15) is 4.39 Å². The van der Waals surface area contributed by atoms with Gasteiger partial charge < -0.3 is 14.3 Å². The van der Waals surface area contributed by atoms with Crippen molar-refractivity contribution in [1.29, 1.82) is 0 Å². The number of pyridine rings is 1. The van der Waals surface area contributed by atoms with E-state index in [0.29, 0.717) is 6.04 Å². The lowest BCUT2D eigenvalue weighted by Crippen LogP contribution is -2.19. The first-order chi connectivity index (χ1) is 13.3. The SMILES string of the molecule is Fc1ccc(-c2ncn(C3CCOCC3)c2-c2ccnc3[nH]ccc23)cc1. The molecule has 1 aliphatic rings. The fraction of sp³-hybridized carbons (Fsp3) is 0.238. The van der Waals surface area contributed by atoms with Crippen molar-refractivity contribution in [2.24, 2.45) is 0 Å². The fourth-order valence-corrected chi connectivity index (χ4v) is 3.85. The Bertz CT molecular complexity index is 1080. The number of H-pyrrole nitrogens is 1. The van der Waals surface area contributed by atoms with Gasteiger partial charge in [0.2, 0.25) is 0 Å². The number of aromatic amines is 1. The van der Waals surface area contributed by atoms with E-state index in [1.165, 1.54) is 12.1 Å². The topological polar surface area (TPSA) is 55.7 Å². The van der Waals surface area contributed by atoms with Crippen LogP contribution in [-0.2, 0) is 4.74 Å². The third-order valence-electron chi connectivity index (χ3n) is 5.21. The summed E-state index contributed by atoms with van der Waals surface area (Å²) in [6, 6.07) is 10.9. The van der Waals surface area contributed by atoms with Crippen LogP contribution >= 0.6 is 0 Å². The van der Waals surface area contributed by atoms with E-state index in [1.807, 2.05) is 30.9 Å². The lowest BCUT2D eigenvalue weighted by atomic mass is 10.0. The van der Waals surface area contributed by atoms with Crippen LogP contribution in [-0.4, -0.2) is 32.7 Å². The van der Waals surface area contributed by atoms with Crippen LogP contribution in [0.1, 0.15) is 18.9 Å². The van der Waals surface area contributed by atoms with Crippen molar-refractivity contribution < 1.29 is 9.13 Å². The molecule has 0 spiro atoms. The Balaban J connectivity index is 1.74. The van der Waals surface area contributed by atoms with Crippen LogP contribution in [0, 0.1) is 5.82 Å². The van der Waals surface area contributed by atoms with Gasteiger partial charge in [0.25, 0.3) is 0 Å². The van der Waals surface area contributed by atoms with Crippen molar-refractivity contribution >= 4 is 11.0 Å². The van der Waals surface area contributed by atoms with E-state index in [4.69, 9.17) is 9.72 Å². The summed E-state index contributed by atoms with van der Waals surface area (Å²) in [6.07, 6.45) is 7.52. The zero-order valence-electron chi connectivity index (χ0n) is 14.7. The molecule has 1 N–H and O–H groups in total. The molecule has 3 aromatic heterocycles. The van der Waals surface area contributed by atoms with Crippen LogP contribution < -0.4 is 0 Å². The molecule has 4 aromatic rings. The summed E-state index contributed by atoms with van der Waals surface area (Å²) in [5.74, 6) is -0.249. The van der Waals surface area contributed by atoms with Gasteiger partial charge in [-0.2, -0.15) is 0 Å². The maximum absolute atomic E-state index is 13.4. The standard InChI is InChI=1S/C21H19FN4O/c22-15-3-1-14(2-4-15)19-20(17-5-9-23-21-18(17)6-10-24-21)26(13-25-19)16-7-11-27-12-8-16/h1-6,9-10,13,16H,7-8,11-12H2,(H,23,24). The predicted octanol–water partition coefficient (Wildman–Crippen LogP) is 4.58. The zero-order valence-corrected chi connectivity index (χ0v) is 14.7. The first-order valence-corrected chi connectivity index (χ1v) is 9.14. The average molecular weight is 362 g/mol. The number of hydrogen-bond acceptors (Lipinski definition) is 3. The van der Waals surface area contributed by atoms with Gasteiger partial charge in [-0.25, -0.2) is 14.4 Å². The third-order valence-corrected chi connectivity index (χ3v) is 5.21. The molecule has 6 heteroatoms. The van der Waals surface area contributed by atoms with Crippen molar-refractivity contribution in [3.05, 3.63) is 60.9 Å². The average Bonchev–Trinajstić information content (AvgIpc) is 3.36. The number of aromatic nitrogens is 4. The minimum atomic E-state index is -0.249. The Morgan fingerprint density at radius 3 is 2.67 bits per heavy atom. The quantitative estimate of drug-likeness (QED) is 0.580. The number of benzene rings is 1. The molecule has 136 valence electrons. The lowest BCUT2D eigenvalue weighted by Gasteiger charge is -2.25. The molecular formula is C21H19FN4O. The first-order valence-electron chi connectivity index (χ1n) is 9.14. The van der Waals surface area contributed by atoms with E-state index >= 15 is 0 Å². The number of nitrogens with one attached hydrogen (secondary N) is 1. The van der Waals surface area contributed by atoms with Gasteiger partial charge in [0.05, 0.1) is 17.7 Å². The van der Waals surface area contributed by atoms with Crippen LogP contribution in [0.5, 0.6) is 0 Å². The molecule has 0 unspecified atom stereocenters. The second kappa shape index (κ2) is 6.63. The van der Waals surface area contributed by atoms with Gasteiger partial charge in [0.15, 0.2) is 0 Å². The normalized spacial score (nSPS) is 15.4. The molecule has 1 saturated heterocycles. The van der Waals surface area contributed by atoms with Crippen molar-refractivity contribution in [3.63, 3.8) is 0 Å².